The summed E-state index contributed by atoms with van der Waals surface area (Å²) in [5.74, 6) is 1.45. The van der Waals surface area contributed by atoms with Gasteiger partial charge in [-0.2, -0.15) is 0 Å². The first-order chi connectivity index (χ1) is 12.3. The van der Waals surface area contributed by atoms with E-state index in [1.165, 1.54) is 14.2 Å². The molecule has 0 spiro atoms. The van der Waals surface area contributed by atoms with Crippen LogP contribution in [0.2, 0.25) is 18.1 Å². The summed E-state index contributed by atoms with van der Waals surface area (Å²) >= 11 is 0. The van der Waals surface area contributed by atoms with Crippen LogP contribution in [0.15, 0.2) is 0 Å². The zero-order chi connectivity index (χ0) is 20.3. The molecule has 0 N–H and O–H groups in total. The lowest BCUT2D eigenvalue weighted by Crippen LogP contribution is -2.61. The Labute approximate surface area is 165 Å². The summed E-state index contributed by atoms with van der Waals surface area (Å²) < 4.78 is 29.5. The van der Waals surface area contributed by atoms with Crippen LogP contribution in [-0.2, 0) is 22.8 Å². The summed E-state index contributed by atoms with van der Waals surface area (Å²) in [4.78, 5) is 13.1. The molecule has 0 aliphatic heterocycles. The van der Waals surface area contributed by atoms with E-state index in [-0.39, 0.29) is 28.5 Å². The average Bonchev–Trinajstić information content (AvgIpc) is 2.51. The molecule has 0 saturated heterocycles. The number of carbonyl (C=O) groups is 1. The van der Waals surface area contributed by atoms with Crippen molar-refractivity contribution >= 4 is 21.7 Å². The predicted octanol–water partition coefficient (Wildman–Crippen LogP) is 5.26. The van der Waals surface area contributed by atoms with Gasteiger partial charge in [0.15, 0.2) is 8.32 Å². The Balaban J connectivity index is 1.78. The van der Waals surface area contributed by atoms with Gasteiger partial charge in [-0.15, -0.1) is 0 Å². The highest BCUT2D eigenvalue weighted by molar-refractivity contribution is 7.54. The Morgan fingerprint density at radius 1 is 1.07 bits per heavy atom. The van der Waals surface area contributed by atoms with Gasteiger partial charge in [0.05, 0.1) is 5.60 Å². The summed E-state index contributed by atoms with van der Waals surface area (Å²) in [7, 11) is -2.44. The molecule has 156 valence electrons. The molecule has 2 atom stereocenters. The standard InChI is InChI=1S/C20H37O5PSi/c1-19(2,3)27(6,7)25-20-10-14-8-15(11-20)18(16(9-14)12-20)17(21)13-26(22,23-4)24-5/h14-16,18H,8-13H2,1-7H3. The number of Topliss-reactive ketones (excluding diaryl/α,β-unsaturated/α-hetero) is 1. The van der Waals surface area contributed by atoms with Crippen molar-refractivity contribution in [2.24, 2.45) is 23.7 Å². The molecule has 4 aliphatic rings. The van der Waals surface area contributed by atoms with Gasteiger partial charge in [0, 0.05) is 20.1 Å². The Bertz CT molecular complexity index is 617. The normalized spacial score (nSPS) is 36.3. The molecule has 4 aliphatic carbocycles. The minimum absolute atomic E-state index is 0.00341. The highest BCUT2D eigenvalue weighted by Crippen LogP contribution is 2.62. The van der Waals surface area contributed by atoms with Crippen LogP contribution in [0.5, 0.6) is 0 Å². The van der Waals surface area contributed by atoms with E-state index < -0.39 is 15.9 Å². The summed E-state index contributed by atoms with van der Waals surface area (Å²) in [5.41, 5.74) is -0.0392. The van der Waals surface area contributed by atoms with E-state index in [0.717, 1.165) is 32.1 Å². The monoisotopic (exact) mass is 416 g/mol. The van der Waals surface area contributed by atoms with Gasteiger partial charge in [-0.25, -0.2) is 0 Å². The molecule has 0 aromatic rings. The first-order valence-electron chi connectivity index (χ1n) is 10.3. The predicted molar refractivity (Wildman–Crippen MR) is 110 cm³/mol. The van der Waals surface area contributed by atoms with Crippen LogP contribution in [0.25, 0.3) is 0 Å². The van der Waals surface area contributed by atoms with Crippen molar-refractivity contribution in [2.75, 3.05) is 20.4 Å². The van der Waals surface area contributed by atoms with Crippen molar-refractivity contribution in [3.63, 3.8) is 0 Å². The molecule has 7 heteroatoms. The number of ketones is 1. The van der Waals surface area contributed by atoms with Crippen molar-refractivity contribution in [3.05, 3.63) is 0 Å². The number of carbonyl (C=O) groups excluding carboxylic acids is 1. The maximum atomic E-state index is 13.1. The van der Waals surface area contributed by atoms with Crippen LogP contribution in [0, 0.1) is 23.7 Å². The SMILES string of the molecule is COP(=O)(CC(=O)C1C2CC3CC1CC(O[Si](C)(C)C(C)(C)C)(C3)C2)OC. The Morgan fingerprint density at radius 2 is 1.59 bits per heavy atom. The first kappa shape index (κ1) is 21.7. The van der Waals surface area contributed by atoms with Crippen molar-refractivity contribution in [3.8, 4) is 0 Å². The van der Waals surface area contributed by atoms with Gasteiger partial charge >= 0.3 is 7.60 Å². The smallest absolute Gasteiger partial charge is 0.337 e. The topological polar surface area (TPSA) is 61.8 Å². The third-order valence-electron chi connectivity index (χ3n) is 7.77. The molecule has 4 fully saturated rings. The summed E-state index contributed by atoms with van der Waals surface area (Å²) in [6.07, 6.45) is 5.24. The maximum Gasteiger partial charge on any atom is 0.337 e. The molecule has 0 aromatic heterocycles. The minimum atomic E-state index is -3.29. The van der Waals surface area contributed by atoms with E-state index in [9.17, 15) is 9.36 Å². The molecule has 2 unspecified atom stereocenters. The third-order valence-corrected chi connectivity index (χ3v) is 14.1. The summed E-state index contributed by atoms with van der Waals surface area (Å²) in [5, 5.41) is 0.190. The zero-order valence-corrected chi connectivity index (χ0v) is 19.9. The van der Waals surface area contributed by atoms with E-state index in [0.29, 0.717) is 17.8 Å². The second kappa shape index (κ2) is 7.05. The molecule has 0 amide bonds. The summed E-state index contributed by atoms with van der Waals surface area (Å²) in [6, 6.07) is 0. The molecule has 0 heterocycles. The Kier molecular flexibility index (Phi) is 5.67. The number of hydrogen-bond donors (Lipinski definition) is 0. The number of rotatable bonds is 7. The van der Waals surface area contributed by atoms with E-state index in [1.54, 1.807) is 0 Å². The molecule has 27 heavy (non-hydrogen) atoms. The van der Waals surface area contributed by atoms with Crippen molar-refractivity contribution in [1.29, 1.82) is 0 Å². The second-order valence-corrected chi connectivity index (χ2v) is 17.6. The second-order valence-electron chi connectivity index (χ2n) is 10.6. The van der Waals surface area contributed by atoms with Gasteiger partial charge in [-0.05, 0) is 68.0 Å². The van der Waals surface area contributed by atoms with Crippen LogP contribution < -0.4 is 0 Å². The molecule has 5 nitrogen and oxygen atoms in total. The molecule has 4 saturated carbocycles. The fourth-order valence-corrected chi connectivity index (χ4v) is 8.43. The molecule has 4 bridgehead atoms. The van der Waals surface area contributed by atoms with E-state index in [1.807, 2.05) is 0 Å². The number of hydrogen-bond acceptors (Lipinski definition) is 5. The van der Waals surface area contributed by atoms with Gasteiger partial charge in [0.25, 0.3) is 0 Å². The Morgan fingerprint density at radius 3 is 2.04 bits per heavy atom. The van der Waals surface area contributed by atoms with Gasteiger partial charge in [-0.1, -0.05) is 20.8 Å². The van der Waals surface area contributed by atoms with Gasteiger partial charge < -0.3 is 13.5 Å². The minimum Gasteiger partial charge on any atom is -0.411 e. The van der Waals surface area contributed by atoms with Crippen LogP contribution in [0.1, 0.15) is 52.9 Å². The highest BCUT2D eigenvalue weighted by atomic mass is 31.2. The van der Waals surface area contributed by atoms with Crippen molar-refractivity contribution < 1.29 is 22.8 Å². The van der Waals surface area contributed by atoms with Crippen LogP contribution in [0.3, 0.4) is 0 Å². The fourth-order valence-electron chi connectivity index (χ4n) is 5.79. The van der Waals surface area contributed by atoms with E-state index in [2.05, 4.69) is 33.9 Å². The van der Waals surface area contributed by atoms with Crippen molar-refractivity contribution in [2.45, 2.75) is 76.6 Å². The molecule has 0 aromatic carbocycles. The lowest BCUT2D eigenvalue weighted by atomic mass is 9.49. The fraction of sp³-hybridized carbons (Fsp3) is 0.950. The zero-order valence-electron chi connectivity index (χ0n) is 18.0. The average molecular weight is 417 g/mol. The van der Waals surface area contributed by atoms with Crippen molar-refractivity contribution in [1.82, 2.24) is 0 Å². The first-order valence-corrected chi connectivity index (χ1v) is 14.9. The maximum absolute atomic E-state index is 13.1. The lowest BCUT2D eigenvalue weighted by molar-refractivity contribution is -0.157. The lowest BCUT2D eigenvalue weighted by Gasteiger charge is -2.61. The molecular weight excluding hydrogens is 379 g/mol. The van der Waals surface area contributed by atoms with Crippen LogP contribution in [0.4, 0.5) is 0 Å². The van der Waals surface area contributed by atoms with Gasteiger partial charge in [0.2, 0.25) is 0 Å². The highest BCUT2D eigenvalue weighted by Gasteiger charge is 2.59. The largest absolute Gasteiger partial charge is 0.411 e. The van der Waals surface area contributed by atoms with Gasteiger partial charge in [-0.3, -0.25) is 9.36 Å². The van der Waals surface area contributed by atoms with Gasteiger partial charge in [0.1, 0.15) is 11.9 Å². The summed E-state index contributed by atoms with van der Waals surface area (Å²) in [6.45, 7) is 11.5. The van der Waals surface area contributed by atoms with Crippen LogP contribution in [-0.4, -0.2) is 40.1 Å². The van der Waals surface area contributed by atoms with E-state index >= 15 is 0 Å². The Hall–Kier alpha value is -0.00312. The van der Waals surface area contributed by atoms with E-state index in [4.69, 9.17) is 13.5 Å². The molecular formula is C20H37O5PSi. The molecule has 0 radical (unpaired) electrons. The third kappa shape index (κ3) is 4.02. The quantitative estimate of drug-likeness (QED) is 0.418. The molecule has 4 rings (SSSR count). The van der Waals surface area contributed by atoms with Crippen LogP contribution >= 0.6 is 7.60 Å².